The van der Waals surface area contributed by atoms with Crippen LogP contribution in [0.3, 0.4) is 0 Å². The summed E-state index contributed by atoms with van der Waals surface area (Å²) in [6.45, 7) is 6.23. The van der Waals surface area contributed by atoms with E-state index >= 15 is 0 Å². The molecule has 1 saturated heterocycles. The van der Waals surface area contributed by atoms with Crippen LogP contribution in [0.25, 0.3) is 0 Å². The molecular weight excluding hydrogens is 227 g/mol. The monoisotopic (exact) mass is 250 g/mol. The van der Waals surface area contributed by atoms with Crippen molar-refractivity contribution in [3.05, 3.63) is 30.1 Å². The number of nitrogens with one attached hydrogen (secondary N) is 1. The van der Waals surface area contributed by atoms with E-state index < -0.39 is 0 Å². The summed E-state index contributed by atoms with van der Waals surface area (Å²) in [5.41, 5.74) is 0.756. The lowest BCUT2D eigenvalue weighted by atomic mass is 10.0. The fraction of sp³-hybridized carbons (Fsp3) is 0.600. The molecule has 0 radical (unpaired) electrons. The first kappa shape index (κ1) is 13.3. The SMILES string of the molecule is CCCC1CN(c2ccccc2F)C(CC)CN1. The van der Waals surface area contributed by atoms with Crippen molar-refractivity contribution in [2.45, 2.75) is 45.2 Å². The highest BCUT2D eigenvalue weighted by Crippen LogP contribution is 2.25. The van der Waals surface area contributed by atoms with Crippen LogP contribution in [0.2, 0.25) is 0 Å². The highest BCUT2D eigenvalue weighted by molar-refractivity contribution is 5.49. The van der Waals surface area contributed by atoms with Crippen molar-refractivity contribution in [1.82, 2.24) is 5.32 Å². The molecule has 2 atom stereocenters. The summed E-state index contributed by atoms with van der Waals surface area (Å²) < 4.78 is 13.9. The molecule has 1 aliphatic heterocycles. The highest BCUT2D eigenvalue weighted by Gasteiger charge is 2.27. The molecule has 1 aromatic carbocycles. The summed E-state index contributed by atoms with van der Waals surface area (Å²) in [5.74, 6) is -0.104. The number of halogens is 1. The third-order valence-corrected chi connectivity index (χ3v) is 3.77. The van der Waals surface area contributed by atoms with Gasteiger partial charge in [-0.2, -0.15) is 0 Å². The molecule has 0 amide bonds. The van der Waals surface area contributed by atoms with Crippen molar-refractivity contribution in [2.75, 3.05) is 18.0 Å². The van der Waals surface area contributed by atoms with Crippen LogP contribution in [0.1, 0.15) is 33.1 Å². The van der Waals surface area contributed by atoms with E-state index in [9.17, 15) is 4.39 Å². The number of hydrogen-bond acceptors (Lipinski definition) is 2. The molecular formula is C15H23FN2. The van der Waals surface area contributed by atoms with Crippen molar-refractivity contribution in [3.63, 3.8) is 0 Å². The van der Waals surface area contributed by atoms with Crippen LogP contribution < -0.4 is 10.2 Å². The predicted octanol–water partition coefficient (Wildman–Crippen LogP) is 3.18. The van der Waals surface area contributed by atoms with Crippen molar-refractivity contribution in [1.29, 1.82) is 0 Å². The molecule has 0 aromatic heterocycles. The molecule has 2 rings (SSSR count). The third-order valence-electron chi connectivity index (χ3n) is 3.77. The Hall–Kier alpha value is -1.09. The van der Waals surface area contributed by atoms with Crippen LogP contribution in [0.4, 0.5) is 10.1 Å². The Morgan fingerprint density at radius 3 is 2.78 bits per heavy atom. The minimum atomic E-state index is -0.104. The van der Waals surface area contributed by atoms with E-state index in [1.165, 1.54) is 6.42 Å². The summed E-state index contributed by atoms with van der Waals surface area (Å²) in [5, 5.41) is 3.58. The third kappa shape index (κ3) is 2.83. The summed E-state index contributed by atoms with van der Waals surface area (Å²) in [7, 11) is 0. The van der Waals surface area contributed by atoms with Gasteiger partial charge in [0.25, 0.3) is 0 Å². The van der Waals surface area contributed by atoms with E-state index in [0.29, 0.717) is 12.1 Å². The average molecular weight is 250 g/mol. The Morgan fingerprint density at radius 2 is 2.11 bits per heavy atom. The fourth-order valence-electron chi connectivity index (χ4n) is 2.75. The summed E-state index contributed by atoms with van der Waals surface area (Å²) >= 11 is 0. The molecule has 2 nitrogen and oxygen atoms in total. The van der Waals surface area contributed by atoms with E-state index in [0.717, 1.165) is 31.6 Å². The second-order valence-corrected chi connectivity index (χ2v) is 5.06. The largest absolute Gasteiger partial charge is 0.363 e. The van der Waals surface area contributed by atoms with Gasteiger partial charge in [-0.25, -0.2) is 4.39 Å². The van der Waals surface area contributed by atoms with Gasteiger partial charge in [0.05, 0.1) is 5.69 Å². The smallest absolute Gasteiger partial charge is 0.146 e. The zero-order valence-electron chi connectivity index (χ0n) is 11.3. The quantitative estimate of drug-likeness (QED) is 0.883. The predicted molar refractivity (Wildman–Crippen MR) is 74.5 cm³/mol. The second kappa shape index (κ2) is 6.19. The van der Waals surface area contributed by atoms with E-state index in [1.807, 2.05) is 12.1 Å². The van der Waals surface area contributed by atoms with Gasteiger partial charge in [-0.15, -0.1) is 0 Å². The normalized spacial score (nSPS) is 24.3. The fourth-order valence-corrected chi connectivity index (χ4v) is 2.75. The molecule has 0 spiro atoms. The van der Waals surface area contributed by atoms with Crippen molar-refractivity contribution < 1.29 is 4.39 Å². The van der Waals surface area contributed by atoms with Crippen LogP contribution >= 0.6 is 0 Å². The Balaban J connectivity index is 2.18. The van der Waals surface area contributed by atoms with E-state index in [4.69, 9.17) is 0 Å². The van der Waals surface area contributed by atoms with Crippen LogP contribution in [0, 0.1) is 5.82 Å². The van der Waals surface area contributed by atoms with Gasteiger partial charge in [-0.1, -0.05) is 32.4 Å². The van der Waals surface area contributed by atoms with Crippen molar-refractivity contribution >= 4 is 5.69 Å². The number of rotatable bonds is 4. The number of hydrogen-bond donors (Lipinski definition) is 1. The lowest BCUT2D eigenvalue weighted by Gasteiger charge is -2.41. The first-order valence-corrected chi connectivity index (χ1v) is 7.00. The molecule has 0 aliphatic carbocycles. The van der Waals surface area contributed by atoms with Gasteiger partial charge in [0, 0.05) is 25.2 Å². The lowest BCUT2D eigenvalue weighted by molar-refractivity contribution is 0.366. The minimum absolute atomic E-state index is 0.104. The van der Waals surface area contributed by atoms with E-state index in [2.05, 4.69) is 24.1 Å². The highest BCUT2D eigenvalue weighted by atomic mass is 19.1. The molecule has 1 N–H and O–H groups in total. The van der Waals surface area contributed by atoms with Gasteiger partial charge in [-0.05, 0) is 25.0 Å². The Labute approximate surface area is 109 Å². The van der Waals surface area contributed by atoms with Crippen LogP contribution in [0.5, 0.6) is 0 Å². The number of piperazine rings is 1. The van der Waals surface area contributed by atoms with Gasteiger partial charge in [-0.3, -0.25) is 0 Å². The average Bonchev–Trinajstić information content (AvgIpc) is 2.40. The summed E-state index contributed by atoms with van der Waals surface area (Å²) in [4.78, 5) is 2.24. The van der Waals surface area contributed by atoms with E-state index in [-0.39, 0.29) is 5.82 Å². The molecule has 1 fully saturated rings. The van der Waals surface area contributed by atoms with Gasteiger partial charge in [0.1, 0.15) is 5.82 Å². The standard InChI is InChI=1S/C15H23FN2/c1-3-7-12-11-18(13(4-2)10-17-12)15-9-6-5-8-14(15)16/h5-6,8-9,12-13,17H,3-4,7,10-11H2,1-2H3. The first-order chi connectivity index (χ1) is 8.76. The molecule has 3 heteroatoms. The summed E-state index contributed by atoms with van der Waals surface area (Å²) in [6, 6.07) is 8.01. The van der Waals surface area contributed by atoms with Gasteiger partial charge in [0.15, 0.2) is 0 Å². The maximum absolute atomic E-state index is 13.9. The summed E-state index contributed by atoms with van der Waals surface area (Å²) in [6.07, 6.45) is 3.36. The Bertz CT molecular complexity index is 381. The number of para-hydroxylation sites is 1. The maximum atomic E-state index is 13.9. The van der Waals surface area contributed by atoms with Crippen molar-refractivity contribution in [3.8, 4) is 0 Å². The van der Waals surface area contributed by atoms with E-state index in [1.54, 1.807) is 12.1 Å². The van der Waals surface area contributed by atoms with Crippen LogP contribution in [0.15, 0.2) is 24.3 Å². The molecule has 0 saturated carbocycles. The van der Waals surface area contributed by atoms with Gasteiger partial charge >= 0.3 is 0 Å². The Morgan fingerprint density at radius 1 is 1.33 bits per heavy atom. The first-order valence-electron chi connectivity index (χ1n) is 7.00. The molecule has 1 aliphatic rings. The van der Waals surface area contributed by atoms with Gasteiger partial charge < -0.3 is 10.2 Å². The number of nitrogens with zero attached hydrogens (tertiary/aromatic N) is 1. The number of benzene rings is 1. The zero-order chi connectivity index (χ0) is 13.0. The van der Waals surface area contributed by atoms with Crippen LogP contribution in [-0.4, -0.2) is 25.2 Å². The molecule has 18 heavy (non-hydrogen) atoms. The lowest BCUT2D eigenvalue weighted by Crippen LogP contribution is -2.56. The van der Waals surface area contributed by atoms with Gasteiger partial charge in [0.2, 0.25) is 0 Å². The second-order valence-electron chi connectivity index (χ2n) is 5.06. The molecule has 1 aromatic rings. The Kier molecular flexibility index (Phi) is 4.59. The van der Waals surface area contributed by atoms with Crippen LogP contribution in [-0.2, 0) is 0 Å². The minimum Gasteiger partial charge on any atom is -0.363 e. The zero-order valence-corrected chi connectivity index (χ0v) is 11.3. The maximum Gasteiger partial charge on any atom is 0.146 e. The molecule has 1 heterocycles. The topological polar surface area (TPSA) is 15.3 Å². The molecule has 2 unspecified atom stereocenters. The number of anilines is 1. The molecule has 100 valence electrons. The molecule has 0 bridgehead atoms. The van der Waals surface area contributed by atoms with Crippen molar-refractivity contribution in [2.24, 2.45) is 0 Å².